The van der Waals surface area contributed by atoms with E-state index >= 15 is 0 Å². The van der Waals surface area contributed by atoms with Crippen molar-refractivity contribution in [3.05, 3.63) is 59.2 Å². The molecule has 0 radical (unpaired) electrons. The van der Waals surface area contributed by atoms with E-state index in [0.29, 0.717) is 12.8 Å². The zero-order valence-electron chi connectivity index (χ0n) is 14.8. The molecule has 0 bridgehead atoms. The molecule has 1 fully saturated rings. The Morgan fingerprint density at radius 3 is 2.24 bits per heavy atom. The fraction of sp³-hybridized carbons (Fsp3) is 0.364. The minimum absolute atomic E-state index is 0.0513. The Labute approximate surface area is 148 Å². The number of aryl methyl sites for hydroxylation is 1. The molecule has 1 aliphatic carbocycles. The number of fused-ring (bicyclic) bond motifs is 2. The summed E-state index contributed by atoms with van der Waals surface area (Å²) in [6.07, 6.45) is 0.897. The van der Waals surface area contributed by atoms with E-state index in [4.69, 9.17) is 4.74 Å². The van der Waals surface area contributed by atoms with E-state index < -0.39 is 5.92 Å². The number of rotatable bonds is 1. The molecule has 3 heteroatoms. The van der Waals surface area contributed by atoms with Crippen molar-refractivity contribution in [2.45, 2.75) is 39.5 Å². The topological polar surface area (TPSA) is 43.4 Å². The molecule has 128 valence electrons. The van der Waals surface area contributed by atoms with E-state index in [9.17, 15) is 9.59 Å². The van der Waals surface area contributed by atoms with Crippen molar-refractivity contribution in [2.75, 3.05) is 0 Å². The molecule has 0 unspecified atom stereocenters. The molecule has 0 aromatic heterocycles. The maximum Gasteiger partial charge on any atom is 0.144 e. The minimum atomic E-state index is -0.612. The van der Waals surface area contributed by atoms with Gasteiger partial charge in [0.15, 0.2) is 0 Å². The van der Waals surface area contributed by atoms with Crippen LogP contribution in [-0.2, 0) is 9.59 Å². The molecule has 3 nitrogen and oxygen atoms in total. The monoisotopic (exact) mass is 334 g/mol. The first kappa shape index (κ1) is 16.1. The summed E-state index contributed by atoms with van der Waals surface area (Å²) in [5.74, 6) is 0.731. The van der Waals surface area contributed by atoms with Gasteiger partial charge in [-0.05, 0) is 24.5 Å². The number of hydrogen-bond donors (Lipinski definition) is 0. The summed E-state index contributed by atoms with van der Waals surface area (Å²) < 4.78 is 6.04. The van der Waals surface area contributed by atoms with Crippen molar-refractivity contribution < 1.29 is 14.3 Å². The number of ketones is 2. The van der Waals surface area contributed by atoms with Crippen LogP contribution in [0.4, 0.5) is 0 Å². The third-order valence-corrected chi connectivity index (χ3v) is 5.31. The van der Waals surface area contributed by atoms with E-state index in [2.05, 4.69) is 6.07 Å². The quantitative estimate of drug-likeness (QED) is 0.703. The van der Waals surface area contributed by atoms with E-state index in [1.165, 1.54) is 0 Å². The minimum Gasteiger partial charge on any atom is -0.457 e. The van der Waals surface area contributed by atoms with Crippen LogP contribution in [0.15, 0.2) is 42.5 Å². The number of benzene rings is 2. The first-order chi connectivity index (χ1) is 11.9. The molecular weight excluding hydrogens is 312 g/mol. The SMILES string of the molecule is Cc1ccc2c(c1)[C@@H](C1C(=O)CC(C)(C)CC1=O)c1ccccc1O2. The van der Waals surface area contributed by atoms with Gasteiger partial charge in [-0.2, -0.15) is 0 Å². The number of carbonyl (C=O) groups is 2. The summed E-state index contributed by atoms with van der Waals surface area (Å²) in [5, 5.41) is 0. The van der Waals surface area contributed by atoms with Crippen LogP contribution in [0.25, 0.3) is 0 Å². The van der Waals surface area contributed by atoms with Gasteiger partial charge in [-0.1, -0.05) is 49.7 Å². The Balaban J connectivity index is 1.88. The molecule has 0 spiro atoms. The van der Waals surface area contributed by atoms with Crippen molar-refractivity contribution in [3.63, 3.8) is 0 Å². The summed E-state index contributed by atoms with van der Waals surface area (Å²) in [4.78, 5) is 25.9. The highest BCUT2D eigenvalue weighted by atomic mass is 16.5. The van der Waals surface area contributed by atoms with Crippen LogP contribution >= 0.6 is 0 Å². The average Bonchev–Trinajstić information content (AvgIpc) is 2.53. The largest absolute Gasteiger partial charge is 0.457 e. The molecule has 0 N–H and O–H groups in total. The van der Waals surface area contributed by atoms with Crippen molar-refractivity contribution in [1.29, 1.82) is 0 Å². The first-order valence-corrected chi connectivity index (χ1v) is 8.78. The summed E-state index contributed by atoms with van der Waals surface area (Å²) in [5.41, 5.74) is 2.74. The summed E-state index contributed by atoms with van der Waals surface area (Å²) in [6.45, 7) is 6.01. The Bertz CT molecular complexity index is 859. The zero-order chi connectivity index (χ0) is 17.8. The van der Waals surface area contributed by atoms with Gasteiger partial charge >= 0.3 is 0 Å². The van der Waals surface area contributed by atoms with Crippen molar-refractivity contribution in [3.8, 4) is 11.5 Å². The van der Waals surface area contributed by atoms with Crippen LogP contribution < -0.4 is 4.74 Å². The van der Waals surface area contributed by atoms with Gasteiger partial charge in [0.05, 0.1) is 5.92 Å². The molecule has 1 heterocycles. The van der Waals surface area contributed by atoms with Crippen LogP contribution in [0.5, 0.6) is 11.5 Å². The highest BCUT2D eigenvalue weighted by molar-refractivity contribution is 6.06. The molecule has 0 amide bonds. The van der Waals surface area contributed by atoms with Crippen molar-refractivity contribution in [2.24, 2.45) is 11.3 Å². The summed E-state index contributed by atoms with van der Waals surface area (Å²) in [7, 11) is 0. The Kier molecular flexibility index (Phi) is 3.57. The normalized spacial score (nSPS) is 22.1. The molecule has 1 atom stereocenters. The number of Topliss-reactive ketones (excluding diaryl/α,β-unsaturated/α-hetero) is 2. The Morgan fingerprint density at radius 1 is 0.880 bits per heavy atom. The molecule has 2 aliphatic rings. The third kappa shape index (κ3) is 2.68. The van der Waals surface area contributed by atoms with Crippen LogP contribution in [0.3, 0.4) is 0 Å². The highest BCUT2D eigenvalue weighted by Crippen LogP contribution is 2.50. The number of carbonyl (C=O) groups excluding carboxylic acids is 2. The third-order valence-electron chi connectivity index (χ3n) is 5.31. The van der Waals surface area contributed by atoms with Gasteiger partial charge < -0.3 is 4.74 Å². The Morgan fingerprint density at radius 2 is 1.52 bits per heavy atom. The van der Waals surface area contributed by atoms with Crippen LogP contribution in [-0.4, -0.2) is 11.6 Å². The first-order valence-electron chi connectivity index (χ1n) is 8.78. The zero-order valence-corrected chi connectivity index (χ0v) is 14.8. The van der Waals surface area contributed by atoms with Crippen LogP contribution in [0.1, 0.15) is 49.3 Å². The predicted octanol–water partition coefficient (Wildman–Crippen LogP) is 4.81. The predicted molar refractivity (Wildman–Crippen MR) is 96.1 cm³/mol. The second-order valence-electron chi connectivity index (χ2n) is 8.09. The number of hydrogen-bond acceptors (Lipinski definition) is 3. The molecule has 4 rings (SSSR count). The average molecular weight is 334 g/mol. The number of para-hydroxylation sites is 1. The fourth-order valence-corrected chi connectivity index (χ4v) is 4.26. The van der Waals surface area contributed by atoms with Gasteiger partial charge in [0.2, 0.25) is 0 Å². The standard InChI is InChI=1S/C22H22O3/c1-13-8-9-19-15(10-13)20(14-6-4-5-7-18(14)25-19)21-16(23)11-22(2,3)12-17(21)24/h4-10,20-21H,11-12H2,1-3H3/t20-/m0/s1. The second kappa shape index (κ2) is 5.55. The van der Waals surface area contributed by atoms with E-state index in [-0.39, 0.29) is 22.9 Å². The smallest absolute Gasteiger partial charge is 0.144 e. The van der Waals surface area contributed by atoms with E-state index in [1.54, 1.807) is 0 Å². The van der Waals surface area contributed by atoms with E-state index in [0.717, 1.165) is 28.2 Å². The lowest BCUT2D eigenvalue weighted by atomic mass is 9.64. The lowest BCUT2D eigenvalue weighted by Gasteiger charge is -2.38. The van der Waals surface area contributed by atoms with Gasteiger partial charge in [0, 0.05) is 29.9 Å². The van der Waals surface area contributed by atoms with Gasteiger partial charge in [-0.25, -0.2) is 0 Å². The summed E-state index contributed by atoms with van der Waals surface area (Å²) >= 11 is 0. The molecule has 1 aliphatic heterocycles. The number of ether oxygens (including phenoxy) is 1. The lowest BCUT2D eigenvalue weighted by molar-refractivity contribution is -0.140. The van der Waals surface area contributed by atoms with Crippen LogP contribution in [0.2, 0.25) is 0 Å². The van der Waals surface area contributed by atoms with Gasteiger partial charge in [0.25, 0.3) is 0 Å². The molecule has 2 aromatic rings. The van der Waals surface area contributed by atoms with Crippen molar-refractivity contribution in [1.82, 2.24) is 0 Å². The van der Waals surface area contributed by atoms with Crippen molar-refractivity contribution >= 4 is 11.6 Å². The summed E-state index contributed by atoms with van der Waals surface area (Å²) in [6, 6.07) is 13.7. The van der Waals surface area contributed by atoms with Gasteiger partial charge in [0.1, 0.15) is 23.1 Å². The molecular formula is C22H22O3. The molecule has 0 saturated heterocycles. The second-order valence-corrected chi connectivity index (χ2v) is 8.09. The Hall–Kier alpha value is -2.42. The highest BCUT2D eigenvalue weighted by Gasteiger charge is 2.46. The van der Waals surface area contributed by atoms with Crippen LogP contribution in [0, 0.1) is 18.3 Å². The van der Waals surface area contributed by atoms with E-state index in [1.807, 2.05) is 57.2 Å². The molecule has 25 heavy (non-hydrogen) atoms. The van der Waals surface area contributed by atoms with Gasteiger partial charge in [-0.3, -0.25) is 9.59 Å². The maximum atomic E-state index is 13.0. The molecule has 2 aromatic carbocycles. The van der Waals surface area contributed by atoms with Gasteiger partial charge in [-0.15, -0.1) is 0 Å². The molecule has 1 saturated carbocycles. The maximum absolute atomic E-state index is 13.0. The lowest BCUT2D eigenvalue weighted by Crippen LogP contribution is -2.41. The fourth-order valence-electron chi connectivity index (χ4n) is 4.26.